The van der Waals surface area contributed by atoms with E-state index in [-0.39, 0.29) is 16.7 Å². The molecular formula is C25H24N3O6+. The van der Waals surface area contributed by atoms with Crippen LogP contribution in [-0.4, -0.2) is 60.1 Å². The van der Waals surface area contributed by atoms with Crippen molar-refractivity contribution in [2.45, 2.75) is 0 Å². The lowest BCUT2D eigenvalue weighted by molar-refractivity contribution is -0.418. The van der Waals surface area contributed by atoms with Crippen LogP contribution in [0.1, 0.15) is 31.8 Å². The van der Waals surface area contributed by atoms with Crippen molar-refractivity contribution in [2.24, 2.45) is 0 Å². The number of carboxylic acids is 3. The molecule has 174 valence electrons. The summed E-state index contributed by atoms with van der Waals surface area (Å²) < 4.78 is 0. The number of nitrogens with one attached hydrogen (secondary N) is 3. The SMILES string of the molecule is CNc1ccc(C(=C2C=CC(=[NH+]C)C(C(=O)O)=C2)c2ccc(NC)c(C(=O)O)c2)cc1C(=O)O. The van der Waals surface area contributed by atoms with Gasteiger partial charge in [0.25, 0.3) is 0 Å². The molecule has 0 aromatic heterocycles. The lowest BCUT2D eigenvalue weighted by atomic mass is 9.87. The van der Waals surface area contributed by atoms with Crippen LogP contribution in [-0.2, 0) is 4.79 Å². The molecular weight excluding hydrogens is 438 g/mol. The van der Waals surface area contributed by atoms with E-state index in [1.165, 1.54) is 18.2 Å². The minimum atomic E-state index is -1.14. The zero-order valence-electron chi connectivity index (χ0n) is 18.8. The molecule has 2 aromatic carbocycles. The first-order valence-corrected chi connectivity index (χ1v) is 10.2. The van der Waals surface area contributed by atoms with Gasteiger partial charge < -0.3 is 26.0 Å². The van der Waals surface area contributed by atoms with Gasteiger partial charge in [-0.3, -0.25) is 0 Å². The smallest absolute Gasteiger partial charge is 0.342 e. The van der Waals surface area contributed by atoms with Crippen molar-refractivity contribution in [1.82, 2.24) is 0 Å². The summed E-state index contributed by atoms with van der Waals surface area (Å²) in [6, 6.07) is 9.57. The summed E-state index contributed by atoms with van der Waals surface area (Å²) >= 11 is 0. The normalized spacial score (nSPS) is 13.9. The molecule has 0 radical (unpaired) electrons. The van der Waals surface area contributed by atoms with Crippen LogP contribution in [0.3, 0.4) is 0 Å². The van der Waals surface area contributed by atoms with Crippen molar-refractivity contribution < 1.29 is 34.7 Å². The monoisotopic (exact) mass is 462 g/mol. The Labute approximate surface area is 195 Å². The van der Waals surface area contributed by atoms with Gasteiger partial charge in [0, 0.05) is 31.5 Å². The summed E-state index contributed by atoms with van der Waals surface area (Å²) in [7, 11) is 4.83. The molecule has 1 aliphatic carbocycles. The van der Waals surface area contributed by atoms with E-state index in [2.05, 4.69) is 15.6 Å². The van der Waals surface area contributed by atoms with E-state index in [1.54, 1.807) is 57.6 Å². The molecule has 0 spiro atoms. The molecule has 0 atom stereocenters. The van der Waals surface area contributed by atoms with Gasteiger partial charge in [0.1, 0.15) is 12.6 Å². The van der Waals surface area contributed by atoms with Crippen LogP contribution in [0.25, 0.3) is 5.57 Å². The van der Waals surface area contributed by atoms with Gasteiger partial charge in [0.15, 0.2) is 0 Å². The molecule has 3 rings (SSSR count). The molecule has 0 amide bonds. The van der Waals surface area contributed by atoms with Gasteiger partial charge in [-0.15, -0.1) is 0 Å². The molecule has 6 N–H and O–H groups in total. The molecule has 0 saturated carbocycles. The maximum Gasteiger partial charge on any atom is 0.342 e. The number of anilines is 2. The molecule has 1 aliphatic rings. The highest BCUT2D eigenvalue weighted by atomic mass is 16.4. The van der Waals surface area contributed by atoms with Gasteiger partial charge in [-0.2, -0.15) is 0 Å². The van der Waals surface area contributed by atoms with Crippen molar-refractivity contribution in [2.75, 3.05) is 31.8 Å². The number of rotatable bonds is 7. The topological polar surface area (TPSA) is 150 Å². The fourth-order valence-corrected chi connectivity index (χ4v) is 3.78. The lowest BCUT2D eigenvalue weighted by Crippen LogP contribution is -2.68. The molecule has 0 fully saturated rings. The molecule has 0 aliphatic heterocycles. The van der Waals surface area contributed by atoms with Crippen LogP contribution in [0.4, 0.5) is 11.4 Å². The molecule has 2 aromatic rings. The average Bonchev–Trinajstić information content (AvgIpc) is 2.83. The van der Waals surface area contributed by atoms with Crippen LogP contribution >= 0.6 is 0 Å². The Balaban J connectivity index is 2.40. The average molecular weight is 462 g/mol. The Morgan fingerprint density at radius 1 is 0.765 bits per heavy atom. The highest BCUT2D eigenvalue weighted by Gasteiger charge is 2.24. The van der Waals surface area contributed by atoms with Crippen LogP contribution in [0, 0.1) is 0 Å². The Bertz CT molecular complexity index is 1250. The first-order chi connectivity index (χ1) is 16.2. The predicted octanol–water partition coefficient (Wildman–Crippen LogP) is 1.70. The van der Waals surface area contributed by atoms with Gasteiger partial charge in [-0.05, 0) is 58.7 Å². The molecule has 0 heterocycles. The number of hydrogen-bond donors (Lipinski definition) is 6. The van der Waals surface area contributed by atoms with Gasteiger partial charge in [0.2, 0.25) is 5.71 Å². The fraction of sp³-hybridized carbons (Fsp3) is 0.120. The summed E-state index contributed by atoms with van der Waals surface area (Å²) in [4.78, 5) is 38.4. The van der Waals surface area contributed by atoms with E-state index in [0.29, 0.717) is 39.4 Å². The number of hydrogen-bond acceptors (Lipinski definition) is 5. The maximum atomic E-state index is 11.9. The van der Waals surface area contributed by atoms with Crippen LogP contribution in [0.2, 0.25) is 0 Å². The molecule has 0 unspecified atom stereocenters. The Kier molecular flexibility index (Phi) is 6.96. The van der Waals surface area contributed by atoms with Crippen molar-refractivity contribution in [1.29, 1.82) is 0 Å². The van der Waals surface area contributed by atoms with E-state index in [0.717, 1.165) is 0 Å². The third kappa shape index (κ3) is 4.58. The fourth-order valence-electron chi connectivity index (χ4n) is 3.78. The van der Waals surface area contributed by atoms with Crippen molar-refractivity contribution in [3.8, 4) is 0 Å². The third-order valence-corrected chi connectivity index (χ3v) is 5.42. The molecule has 0 bridgehead atoms. The summed E-state index contributed by atoms with van der Waals surface area (Å²) in [6.07, 6.45) is 4.79. The summed E-state index contributed by atoms with van der Waals surface area (Å²) in [5.74, 6) is -3.42. The summed E-state index contributed by atoms with van der Waals surface area (Å²) in [6.45, 7) is 0. The Morgan fingerprint density at radius 2 is 1.26 bits per heavy atom. The first-order valence-electron chi connectivity index (χ1n) is 10.2. The summed E-state index contributed by atoms with van der Waals surface area (Å²) in [5.41, 5.74) is 3.22. The predicted molar refractivity (Wildman–Crippen MR) is 129 cm³/mol. The van der Waals surface area contributed by atoms with Crippen molar-refractivity contribution >= 4 is 40.6 Å². The van der Waals surface area contributed by atoms with E-state index in [9.17, 15) is 29.7 Å². The molecule has 34 heavy (non-hydrogen) atoms. The van der Waals surface area contributed by atoms with E-state index in [4.69, 9.17) is 0 Å². The number of aliphatic carboxylic acids is 1. The van der Waals surface area contributed by atoms with Gasteiger partial charge in [-0.25, -0.2) is 19.4 Å². The van der Waals surface area contributed by atoms with E-state index < -0.39 is 17.9 Å². The largest absolute Gasteiger partial charge is 0.478 e. The van der Waals surface area contributed by atoms with Gasteiger partial charge in [0.05, 0.1) is 11.1 Å². The van der Waals surface area contributed by atoms with E-state index in [1.807, 2.05) is 0 Å². The van der Waals surface area contributed by atoms with Crippen molar-refractivity contribution in [3.63, 3.8) is 0 Å². The van der Waals surface area contributed by atoms with Gasteiger partial charge in [-0.1, -0.05) is 12.1 Å². The Morgan fingerprint density at radius 3 is 1.65 bits per heavy atom. The zero-order valence-corrected chi connectivity index (χ0v) is 18.8. The van der Waals surface area contributed by atoms with E-state index >= 15 is 0 Å². The maximum absolute atomic E-state index is 11.9. The number of aromatic carboxylic acids is 2. The first kappa shape index (κ1) is 24.0. The minimum absolute atomic E-state index is 0.0214. The Hall–Kier alpha value is -4.66. The number of allylic oxidation sites excluding steroid dienone is 4. The van der Waals surface area contributed by atoms with Crippen LogP contribution in [0.5, 0.6) is 0 Å². The second kappa shape index (κ2) is 9.86. The van der Waals surface area contributed by atoms with Crippen LogP contribution in [0.15, 0.2) is 65.8 Å². The molecule has 0 saturated heterocycles. The zero-order chi connectivity index (χ0) is 25.0. The third-order valence-electron chi connectivity index (χ3n) is 5.42. The number of carboxylic acid groups (broad SMARTS) is 3. The standard InChI is InChI=1S/C25H23N3O6/c1-26-19-7-4-13(10-16(19)23(29)30)22(14-5-8-20(27-2)17(11-14)24(31)32)15-6-9-21(28-3)18(12-15)25(33)34/h4-12,26-27H,1-3H3,(H,29,30)(H,31,32)(H,33,34)/p+1. The van der Waals surface area contributed by atoms with Crippen molar-refractivity contribution in [3.05, 3.63) is 88.0 Å². The van der Waals surface area contributed by atoms with Crippen LogP contribution < -0.4 is 15.6 Å². The minimum Gasteiger partial charge on any atom is -0.478 e. The quantitative estimate of drug-likeness (QED) is 0.364. The number of benzene rings is 2. The highest BCUT2D eigenvalue weighted by molar-refractivity contribution is 6.23. The lowest BCUT2D eigenvalue weighted by Gasteiger charge is -2.17. The summed E-state index contributed by atoms with van der Waals surface area (Å²) in [5, 5.41) is 34.8. The second-order valence-corrected chi connectivity index (χ2v) is 7.32. The highest BCUT2D eigenvalue weighted by Crippen LogP contribution is 2.34. The molecule has 9 heteroatoms. The molecule has 9 nitrogen and oxygen atoms in total. The van der Waals surface area contributed by atoms with Gasteiger partial charge >= 0.3 is 17.9 Å². The number of carbonyl (C=O) groups is 3. The second-order valence-electron chi connectivity index (χ2n) is 7.32.